The molecule has 3 aromatic rings. The van der Waals surface area contributed by atoms with Crippen molar-refractivity contribution < 1.29 is 17.9 Å². The fraction of sp³-hybridized carbons (Fsp3) is 0.269. The van der Waals surface area contributed by atoms with Crippen LogP contribution in [0, 0.1) is 6.92 Å². The van der Waals surface area contributed by atoms with Crippen LogP contribution in [0.25, 0.3) is 0 Å². The Morgan fingerprint density at radius 2 is 1.76 bits per heavy atom. The van der Waals surface area contributed by atoms with E-state index in [0.29, 0.717) is 18.6 Å². The zero-order valence-corrected chi connectivity index (χ0v) is 20.1. The first-order valence-electron chi connectivity index (χ1n) is 10.8. The monoisotopic (exact) mass is 483 g/mol. The molecule has 33 heavy (non-hydrogen) atoms. The second kappa shape index (κ2) is 9.67. The summed E-state index contributed by atoms with van der Waals surface area (Å²) in [7, 11) is -2.36. The van der Waals surface area contributed by atoms with Crippen molar-refractivity contribution in [3.8, 4) is 5.75 Å². The Morgan fingerprint density at radius 1 is 1.06 bits per heavy atom. The van der Waals surface area contributed by atoms with E-state index in [2.05, 4.69) is 0 Å². The largest absolute Gasteiger partial charge is 0.497 e. The highest BCUT2D eigenvalue weighted by Crippen LogP contribution is 2.42. The molecule has 4 rings (SSSR count). The molecule has 0 radical (unpaired) electrons. The summed E-state index contributed by atoms with van der Waals surface area (Å²) in [6.07, 6.45) is 1.25. The second-order valence-electron chi connectivity index (χ2n) is 8.28. The summed E-state index contributed by atoms with van der Waals surface area (Å²) < 4.78 is 34.3. The first kappa shape index (κ1) is 23.5. The van der Waals surface area contributed by atoms with Crippen molar-refractivity contribution >= 4 is 26.9 Å². The van der Waals surface area contributed by atoms with E-state index in [1.807, 2.05) is 55.5 Å². The average Bonchev–Trinajstić information content (AvgIpc) is 2.82. The lowest BCUT2D eigenvalue weighted by Crippen LogP contribution is -2.47. The van der Waals surface area contributed by atoms with Crippen molar-refractivity contribution in [2.24, 2.45) is 0 Å². The third-order valence-electron chi connectivity index (χ3n) is 6.22. The number of halogens is 1. The van der Waals surface area contributed by atoms with Crippen molar-refractivity contribution in [1.29, 1.82) is 0 Å². The number of carbonyl (C=O) groups is 1. The third-order valence-corrected chi connectivity index (χ3v) is 8.22. The smallest absolute Gasteiger partial charge is 0.243 e. The molecule has 0 fully saturated rings. The van der Waals surface area contributed by atoms with E-state index >= 15 is 0 Å². The Morgan fingerprint density at radius 3 is 2.39 bits per heavy atom. The molecule has 0 saturated heterocycles. The molecule has 1 aliphatic rings. The molecule has 2 atom stereocenters. The van der Waals surface area contributed by atoms with Gasteiger partial charge in [-0.1, -0.05) is 54.1 Å². The van der Waals surface area contributed by atoms with Gasteiger partial charge >= 0.3 is 0 Å². The SMILES string of the molecule is COc1ccc2c(c1)[C@@H](c1ccccc1)[C@H](N(CC(=O)Cl)S(=O)(=O)c1ccc(C)cc1)CC2. The van der Waals surface area contributed by atoms with E-state index in [4.69, 9.17) is 16.3 Å². The number of aryl methyl sites for hydroxylation is 2. The van der Waals surface area contributed by atoms with Gasteiger partial charge in [-0.05, 0) is 72.3 Å². The Hall–Kier alpha value is -2.67. The highest BCUT2D eigenvalue weighted by Gasteiger charge is 2.41. The number of carbonyl (C=O) groups excluding carboxylic acids is 1. The Balaban J connectivity index is 1.88. The van der Waals surface area contributed by atoms with Gasteiger partial charge in [0.15, 0.2) is 0 Å². The first-order valence-corrected chi connectivity index (χ1v) is 12.6. The topological polar surface area (TPSA) is 63.7 Å². The molecule has 7 heteroatoms. The Kier molecular flexibility index (Phi) is 6.88. The molecule has 3 aromatic carbocycles. The molecule has 0 heterocycles. The lowest BCUT2D eigenvalue weighted by molar-refractivity contribution is -0.112. The van der Waals surface area contributed by atoms with Crippen LogP contribution in [0.15, 0.2) is 77.7 Å². The molecule has 0 saturated carbocycles. The standard InChI is InChI=1S/C26H26ClNO4S/c1-18-8-13-22(14-9-18)33(30,31)28(17-25(27)29)24-15-11-19-10-12-21(32-2)16-23(19)26(24)20-6-4-3-5-7-20/h3-10,12-14,16,24,26H,11,15,17H2,1-2H3/t24-,26-/m1/s1. The lowest BCUT2D eigenvalue weighted by Gasteiger charge is -2.40. The summed E-state index contributed by atoms with van der Waals surface area (Å²) in [4.78, 5) is 12.2. The number of hydrogen-bond acceptors (Lipinski definition) is 4. The maximum absolute atomic E-state index is 13.8. The van der Waals surface area contributed by atoms with E-state index in [1.165, 1.54) is 4.31 Å². The number of rotatable bonds is 7. The van der Waals surface area contributed by atoms with Gasteiger partial charge in [0, 0.05) is 12.0 Å². The fourth-order valence-corrected chi connectivity index (χ4v) is 6.44. The average molecular weight is 484 g/mol. The second-order valence-corrected chi connectivity index (χ2v) is 10.6. The summed E-state index contributed by atoms with van der Waals surface area (Å²) in [6, 6.07) is 21.9. The van der Waals surface area contributed by atoms with Gasteiger partial charge < -0.3 is 4.74 Å². The van der Waals surface area contributed by atoms with Gasteiger partial charge in [0.05, 0.1) is 18.6 Å². The van der Waals surface area contributed by atoms with Crippen LogP contribution in [0.2, 0.25) is 0 Å². The molecule has 0 amide bonds. The summed E-state index contributed by atoms with van der Waals surface area (Å²) in [5.74, 6) is 0.429. The number of fused-ring (bicyclic) bond motifs is 1. The third kappa shape index (κ3) is 4.83. The van der Waals surface area contributed by atoms with Crippen molar-refractivity contribution in [2.75, 3.05) is 13.7 Å². The van der Waals surface area contributed by atoms with Crippen LogP contribution in [-0.4, -0.2) is 37.7 Å². The lowest BCUT2D eigenvalue weighted by atomic mass is 9.75. The molecule has 0 spiro atoms. The Bertz CT molecular complexity index is 1240. The minimum absolute atomic E-state index is 0.147. The van der Waals surface area contributed by atoms with Crippen LogP contribution in [-0.2, 0) is 21.2 Å². The van der Waals surface area contributed by atoms with Gasteiger partial charge in [0.2, 0.25) is 15.3 Å². The van der Waals surface area contributed by atoms with Crippen molar-refractivity contribution in [3.05, 3.63) is 95.1 Å². The Labute approximate surface area is 200 Å². The van der Waals surface area contributed by atoms with Crippen LogP contribution < -0.4 is 4.74 Å². The predicted molar refractivity (Wildman–Crippen MR) is 129 cm³/mol. The number of ether oxygens (including phenoxy) is 1. The first-order chi connectivity index (χ1) is 15.8. The van der Waals surface area contributed by atoms with E-state index < -0.39 is 27.9 Å². The minimum atomic E-state index is -3.97. The summed E-state index contributed by atoms with van der Waals surface area (Å²) in [5.41, 5.74) is 4.08. The number of hydrogen-bond donors (Lipinski definition) is 0. The van der Waals surface area contributed by atoms with E-state index in [1.54, 1.807) is 31.4 Å². The van der Waals surface area contributed by atoms with E-state index in [-0.39, 0.29) is 10.8 Å². The van der Waals surface area contributed by atoms with E-state index in [0.717, 1.165) is 22.3 Å². The van der Waals surface area contributed by atoms with Crippen molar-refractivity contribution in [1.82, 2.24) is 4.31 Å². The summed E-state index contributed by atoms with van der Waals surface area (Å²) in [5, 5.41) is -0.714. The van der Waals surface area contributed by atoms with Gasteiger partial charge in [-0.3, -0.25) is 4.79 Å². The van der Waals surface area contributed by atoms with Crippen LogP contribution in [0.1, 0.15) is 34.6 Å². The number of methoxy groups -OCH3 is 1. The van der Waals surface area contributed by atoms with Gasteiger partial charge in [0.25, 0.3) is 0 Å². The normalized spacial score (nSPS) is 18.1. The highest BCUT2D eigenvalue weighted by molar-refractivity contribution is 7.89. The molecule has 0 aliphatic heterocycles. The predicted octanol–water partition coefficient (Wildman–Crippen LogP) is 4.91. The van der Waals surface area contributed by atoms with Crippen molar-refractivity contribution in [2.45, 2.75) is 36.6 Å². The maximum Gasteiger partial charge on any atom is 0.243 e. The maximum atomic E-state index is 13.8. The van der Waals surface area contributed by atoms with Gasteiger partial charge in [-0.2, -0.15) is 4.31 Å². The van der Waals surface area contributed by atoms with Gasteiger partial charge in [0.1, 0.15) is 5.75 Å². The molecule has 0 unspecified atom stereocenters. The molecule has 0 N–H and O–H groups in total. The molecular formula is C26H26ClNO4S. The van der Waals surface area contributed by atoms with E-state index in [9.17, 15) is 13.2 Å². The van der Waals surface area contributed by atoms with Crippen LogP contribution in [0.3, 0.4) is 0 Å². The minimum Gasteiger partial charge on any atom is -0.497 e. The van der Waals surface area contributed by atoms with Gasteiger partial charge in [-0.25, -0.2) is 8.42 Å². The van der Waals surface area contributed by atoms with Crippen LogP contribution in [0.4, 0.5) is 0 Å². The molecule has 172 valence electrons. The molecule has 0 bridgehead atoms. The fourth-order valence-electron chi connectivity index (χ4n) is 4.62. The molecule has 5 nitrogen and oxygen atoms in total. The number of benzene rings is 3. The molecule has 1 aliphatic carbocycles. The summed E-state index contributed by atoms with van der Waals surface area (Å²) >= 11 is 5.79. The molecule has 0 aromatic heterocycles. The highest BCUT2D eigenvalue weighted by atomic mass is 35.5. The molecular weight excluding hydrogens is 458 g/mol. The van der Waals surface area contributed by atoms with Crippen LogP contribution in [0.5, 0.6) is 5.75 Å². The zero-order chi connectivity index (χ0) is 23.6. The number of sulfonamides is 1. The van der Waals surface area contributed by atoms with Crippen molar-refractivity contribution in [3.63, 3.8) is 0 Å². The van der Waals surface area contributed by atoms with Gasteiger partial charge in [-0.15, -0.1) is 0 Å². The number of nitrogens with zero attached hydrogens (tertiary/aromatic N) is 1. The van der Waals surface area contributed by atoms with Crippen LogP contribution >= 0.6 is 11.6 Å². The quantitative estimate of drug-likeness (QED) is 0.448. The zero-order valence-electron chi connectivity index (χ0n) is 18.6. The summed E-state index contributed by atoms with van der Waals surface area (Å²) in [6.45, 7) is 1.50.